The van der Waals surface area contributed by atoms with Gasteiger partial charge in [0.25, 0.3) is 5.91 Å². The maximum atomic E-state index is 12.2. The SMILES string of the molecule is CCCS(=O)(=O)N1CCN(CCNC(=O)c2cnc3nsnc3c2)CC1. The number of sulfonamides is 1. The van der Waals surface area contributed by atoms with Crippen LogP contribution in [0.15, 0.2) is 12.3 Å². The lowest BCUT2D eigenvalue weighted by Crippen LogP contribution is -2.50. The standard InChI is InChI=1S/C15H22N6O3S2/c1-2-9-26(23,24)21-7-5-20(6-8-21)4-3-16-15(22)12-10-13-14(17-11-12)19-25-18-13/h10-11H,2-9H2,1H3,(H,16,22). The second-order valence-electron chi connectivity index (χ2n) is 6.14. The molecule has 1 saturated heterocycles. The van der Waals surface area contributed by atoms with Gasteiger partial charge >= 0.3 is 0 Å². The Morgan fingerprint density at radius 1 is 1.27 bits per heavy atom. The highest BCUT2D eigenvalue weighted by molar-refractivity contribution is 7.89. The fourth-order valence-corrected chi connectivity index (χ4v) is 4.83. The van der Waals surface area contributed by atoms with Crippen LogP contribution in [0.5, 0.6) is 0 Å². The van der Waals surface area contributed by atoms with E-state index < -0.39 is 10.0 Å². The molecule has 11 heteroatoms. The molecule has 26 heavy (non-hydrogen) atoms. The molecular weight excluding hydrogens is 376 g/mol. The fourth-order valence-electron chi connectivity index (χ4n) is 2.86. The van der Waals surface area contributed by atoms with Crippen molar-refractivity contribution in [2.75, 3.05) is 45.0 Å². The zero-order chi connectivity index (χ0) is 18.6. The lowest BCUT2D eigenvalue weighted by Gasteiger charge is -2.33. The van der Waals surface area contributed by atoms with Crippen LogP contribution < -0.4 is 5.32 Å². The highest BCUT2D eigenvalue weighted by atomic mass is 32.2. The minimum absolute atomic E-state index is 0.198. The molecule has 0 unspecified atom stereocenters. The van der Waals surface area contributed by atoms with Crippen molar-refractivity contribution in [2.45, 2.75) is 13.3 Å². The van der Waals surface area contributed by atoms with E-state index in [1.807, 2.05) is 6.92 Å². The van der Waals surface area contributed by atoms with Gasteiger partial charge in [-0.15, -0.1) is 0 Å². The van der Waals surface area contributed by atoms with Crippen LogP contribution in [0.2, 0.25) is 0 Å². The molecule has 1 fully saturated rings. The van der Waals surface area contributed by atoms with Crippen molar-refractivity contribution in [3.63, 3.8) is 0 Å². The molecule has 9 nitrogen and oxygen atoms in total. The third-order valence-electron chi connectivity index (χ3n) is 4.28. The van der Waals surface area contributed by atoms with Gasteiger partial charge in [-0.05, 0) is 12.5 Å². The lowest BCUT2D eigenvalue weighted by molar-refractivity contribution is 0.0945. The van der Waals surface area contributed by atoms with Gasteiger partial charge in [-0.3, -0.25) is 9.69 Å². The number of nitrogens with one attached hydrogen (secondary N) is 1. The van der Waals surface area contributed by atoms with Gasteiger partial charge in [-0.25, -0.2) is 13.4 Å². The highest BCUT2D eigenvalue weighted by Crippen LogP contribution is 2.11. The predicted octanol–water partition coefficient (Wildman–Crippen LogP) is 0.174. The topological polar surface area (TPSA) is 108 Å². The Morgan fingerprint density at radius 2 is 2.04 bits per heavy atom. The molecule has 2 aromatic rings. The Hall–Kier alpha value is -1.69. The normalized spacial score (nSPS) is 16.8. The van der Waals surface area contributed by atoms with Crippen LogP contribution >= 0.6 is 11.7 Å². The van der Waals surface area contributed by atoms with E-state index in [0.29, 0.717) is 62.4 Å². The third kappa shape index (κ3) is 4.53. The quantitative estimate of drug-likeness (QED) is 0.708. The van der Waals surface area contributed by atoms with Crippen molar-refractivity contribution in [1.82, 2.24) is 28.3 Å². The van der Waals surface area contributed by atoms with E-state index in [1.54, 1.807) is 10.4 Å². The zero-order valence-electron chi connectivity index (χ0n) is 14.6. The van der Waals surface area contributed by atoms with Crippen molar-refractivity contribution in [2.24, 2.45) is 0 Å². The van der Waals surface area contributed by atoms with E-state index in [4.69, 9.17) is 0 Å². The van der Waals surface area contributed by atoms with Gasteiger partial charge in [-0.2, -0.15) is 13.1 Å². The number of aromatic nitrogens is 3. The molecule has 0 spiro atoms. The van der Waals surface area contributed by atoms with Crippen LogP contribution in [0.4, 0.5) is 0 Å². The number of rotatable bonds is 7. The van der Waals surface area contributed by atoms with Gasteiger partial charge in [0, 0.05) is 45.5 Å². The molecule has 1 N–H and O–H groups in total. The van der Waals surface area contributed by atoms with Gasteiger partial charge in [0.1, 0.15) is 5.52 Å². The van der Waals surface area contributed by atoms with Gasteiger partial charge in [0.05, 0.1) is 23.0 Å². The zero-order valence-corrected chi connectivity index (χ0v) is 16.2. The first kappa shape index (κ1) is 19.1. The van der Waals surface area contributed by atoms with Gasteiger partial charge in [0.2, 0.25) is 10.0 Å². The van der Waals surface area contributed by atoms with Crippen molar-refractivity contribution in [3.8, 4) is 0 Å². The minimum atomic E-state index is -3.12. The van der Waals surface area contributed by atoms with E-state index in [2.05, 4.69) is 23.9 Å². The number of carbonyl (C=O) groups is 1. The summed E-state index contributed by atoms with van der Waals surface area (Å²) in [6.07, 6.45) is 2.13. The largest absolute Gasteiger partial charge is 0.351 e. The summed E-state index contributed by atoms with van der Waals surface area (Å²) >= 11 is 1.07. The molecule has 0 aliphatic carbocycles. The summed E-state index contributed by atoms with van der Waals surface area (Å²) in [7, 11) is -3.12. The number of amides is 1. The number of hydrogen-bond acceptors (Lipinski definition) is 8. The number of carbonyl (C=O) groups excluding carboxylic acids is 1. The summed E-state index contributed by atoms with van der Waals surface area (Å²) in [5, 5.41) is 2.87. The molecule has 0 saturated carbocycles. The monoisotopic (exact) mass is 398 g/mol. The maximum absolute atomic E-state index is 12.2. The second kappa shape index (κ2) is 8.33. The van der Waals surface area contributed by atoms with E-state index in [1.165, 1.54) is 6.20 Å². The third-order valence-corrected chi connectivity index (χ3v) is 6.89. The predicted molar refractivity (Wildman–Crippen MR) is 99.6 cm³/mol. The molecule has 0 radical (unpaired) electrons. The smallest absolute Gasteiger partial charge is 0.252 e. The molecule has 3 heterocycles. The molecule has 1 aliphatic rings. The first-order chi connectivity index (χ1) is 12.5. The Bertz CT molecular complexity index is 861. The Labute approximate surface area is 156 Å². The van der Waals surface area contributed by atoms with E-state index in [-0.39, 0.29) is 11.7 Å². The second-order valence-corrected chi connectivity index (χ2v) is 8.76. The number of pyridine rings is 1. The molecular formula is C15H22N6O3S2. The van der Waals surface area contributed by atoms with Crippen molar-refractivity contribution in [1.29, 1.82) is 0 Å². The van der Waals surface area contributed by atoms with Crippen LogP contribution in [0.1, 0.15) is 23.7 Å². The Balaban J connectivity index is 1.43. The van der Waals surface area contributed by atoms with E-state index in [0.717, 1.165) is 11.7 Å². The summed E-state index contributed by atoms with van der Waals surface area (Å²) in [4.78, 5) is 18.5. The van der Waals surface area contributed by atoms with Crippen molar-refractivity contribution in [3.05, 3.63) is 17.8 Å². The van der Waals surface area contributed by atoms with Gasteiger partial charge < -0.3 is 5.32 Å². The first-order valence-electron chi connectivity index (χ1n) is 8.56. The maximum Gasteiger partial charge on any atom is 0.252 e. The van der Waals surface area contributed by atoms with Crippen LogP contribution in [-0.4, -0.2) is 82.3 Å². The number of fused-ring (bicyclic) bond motifs is 1. The summed E-state index contributed by atoms with van der Waals surface area (Å²) < 4.78 is 33.8. The highest BCUT2D eigenvalue weighted by Gasteiger charge is 2.25. The van der Waals surface area contributed by atoms with Crippen LogP contribution in [0.3, 0.4) is 0 Å². The summed E-state index contributed by atoms with van der Waals surface area (Å²) in [6, 6.07) is 1.68. The van der Waals surface area contributed by atoms with Gasteiger partial charge in [-0.1, -0.05) is 6.92 Å². The molecule has 3 rings (SSSR count). The average molecular weight is 399 g/mol. The summed E-state index contributed by atoms with van der Waals surface area (Å²) in [5.74, 6) is 0.00668. The molecule has 142 valence electrons. The van der Waals surface area contributed by atoms with Crippen molar-refractivity contribution < 1.29 is 13.2 Å². The van der Waals surface area contributed by atoms with Crippen LogP contribution in [-0.2, 0) is 10.0 Å². The number of nitrogens with zero attached hydrogens (tertiary/aromatic N) is 5. The number of piperazine rings is 1. The van der Waals surface area contributed by atoms with Crippen LogP contribution in [0, 0.1) is 0 Å². The van der Waals surface area contributed by atoms with Crippen molar-refractivity contribution >= 4 is 38.8 Å². The fraction of sp³-hybridized carbons (Fsp3) is 0.600. The first-order valence-corrected chi connectivity index (χ1v) is 10.9. The van der Waals surface area contributed by atoms with Crippen LogP contribution in [0.25, 0.3) is 11.2 Å². The van der Waals surface area contributed by atoms with E-state index in [9.17, 15) is 13.2 Å². The average Bonchev–Trinajstić information content (AvgIpc) is 3.09. The molecule has 1 amide bonds. The summed E-state index contributed by atoms with van der Waals surface area (Å²) in [6.45, 7) is 5.42. The Kier molecular flexibility index (Phi) is 6.12. The minimum Gasteiger partial charge on any atom is -0.351 e. The number of hydrogen-bond donors (Lipinski definition) is 1. The molecule has 0 bridgehead atoms. The summed E-state index contributed by atoms with van der Waals surface area (Å²) in [5.41, 5.74) is 1.62. The molecule has 1 aliphatic heterocycles. The van der Waals surface area contributed by atoms with E-state index >= 15 is 0 Å². The lowest BCUT2D eigenvalue weighted by atomic mass is 10.2. The molecule has 2 aromatic heterocycles. The molecule has 0 aromatic carbocycles. The van der Waals surface area contributed by atoms with Gasteiger partial charge in [0.15, 0.2) is 5.65 Å². The Morgan fingerprint density at radius 3 is 2.77 bits per heavy atom. The molecule has 0 atom stereocenters.